The Morgan fingerprint density at radius 2 is 1.86 bits per heavy atom. The zero-order valence-corrected chi connectivity index (χ0v) is 12.0. The molecule has 5 heteroatoms. The van der Waals surface area contributed by atoms with Crippen LogP contribution in [0.4, 0.5) is 0 Å². The number of halogens is 1. The molecule has 0 saturated carbocycles. The molecule has 1 heterocycles. The molecule has 0 spiro atoms. The van der Waals surface area contributed by atoms with Crippen LogP contribution in [0.2, 0.25) is 5.02 Å². The fourth-order valence-electron chi connectivity index (χ4n) is 2.02. The highest BCUT2D eigenvalue weighted by Gasteiger charge is 2.07. The molecule has 0 radical (unpaired) electrons. The Kier molecular flexibility index (Phi) is 3.54. The van der Waals surface area contributed by atoms with Crippen molar-refractivity contribution in [2.45, 2.75) is 0 Å². The van der Waals surface area contributed by atoms with E-state index in [1.165, 1.54) is 7.11 Å². The van der Waals surface area contributed by atoms with E-state index >= 15 is 0 Å². The van der Waals surface area contributed by atoms with E-state index in [-0.39, 0.29) is 5.97 Å². The SMILES string of the molecule is COC(=O)c1ccc(-c2cnc3cc(Cl)ccc3n2)cc1. The Bertz CT molecular complexity index is 816. The molecule has 0 saturated heterocycles. The minimum absolute atomic E-state index is 0.360. The highest BCUT2D eigenvalue weighted by atomic mass is 35.5. The number of rotatable bonds is 2. The van der Waals surface area contributed by atoms with Gasteiger partial charge in [0.05, 0.1) is 35.6 Å². The molecule has 21 heavy (non-hydrogen) atoms. The van der Waals surface area contributed by atoms with Crippen LogP contribution in [0.1, 0.15) is 10.4 Å². The first kappa shape index (κ1) is 13.5. The number of fused-ring (bicyclic) bond motifs is 1. The predicted molar refractivity (Wildman–Crippen MR) is 81.3 cm³/mol. The van der Waals surface area contributed by atoms with Gasteiger partial charge >= 0.3 is 5.97 Å². The standard InChI is InChI=1S/C16H11ClN2O2/c1-21-16(20)11-4-2-10(3-5-11)15-9-18-14-8-12(17)6-7-13(14)19-15/h2-9H,1H3. The minimum Gasteiger partial charge on any atom is -0.465 e. The van der Waals surface area contributed by atoms with Gasteiger partial charge in [0.25, 0.3) is 0 Å². The molecule has 0 amide bonds. The van der Waals surface area contributed by atoms with Crippen LogP contribution < -0.4 is 0 Å². The van der Waals surface area contributed by atoms with Gasteiger partial charge in [-0.05, 0) is 30.3 Å². The van der Waals surface area contributed by atoms with E-state index in [0.29, 0.717) is 10.6 Å². The quantitative estimate of drug-likeness (QED) is 0.676. The first-order valence-corrected chi connectivity index (χ1v) is 6.66. The van der Waals surface area contributed by atoms with Gasteiger partial charge in [0.1, 0.15) is 0 Å². The van der Waals surface area contributed by atoms with Crippen molar-refractivity contribution in [2.24, 2.45) is 0 Å². The summed E-state index contributed by atoms with van der Waals surface area (Å²) < 4.78 is 4.67. The average Bonchev–Trinajstić information content (AvgIpc) is 2.53. The normalized spacial score (nSPS) is 10.6. The maximum Gasteiger partial charge on any atom is 0.337 e. The Hall–Kier alpha value is -2.46. The number of hydrogen-bond donors (Lipinski definition) is 0. The van der Waals surface area contributed by atoms with Crippen LogP contribution in [-0.4, -0.2) is 23.0 Å². The van der Waals surface area contributed by atoms with E-state index in [4.69, 9.17) is 11.6 Å². The molecule has 0 fully saturated rings. The van der Waals surface area contributed by atoms with Crippen molar-refractivity contribution in [3.8, 4) is 11.3 Å². The van der Waals surface area contributed by atoms with Crippen LogP contribution in [0.25, 0.3) is 22.3 Å². The summed E-state index contributed by atoms with van der Waals surface area (Å²) >= 11 is 5.92. The monoisotopic (exact) mass is 298 g/mol. The lowest BCUT2D eigenvalue weighted by atomic mass is 10.1. The van der Waals surface area contributed by atoms with Crippen molar-refractivity contribution in [3.05, 3.63) is 59.2 Å². The van der Waals surface area contributed by atoms with E-state index in [0.717, 1.165) is 22.3 Å². The summed E-state index contributed by atoms with van der Waals surface area (Å²) in [4.78, 5) is 20.3. The van der Waals surface area contributed by atoms with Gasteiger partial charge in [-0.1, -0.05) is 23.7 Å². The van der Waals surface area contributed by atoms with Crippen LogP contribution in [-0.2, 0) is 4.74 Å². The van der Waals surface area contributed by atoms with Gasteiger partial charge in [0.2, 0.25) is 0 Å². The second-order valence-electron chi connectivity index (χ2n) is 4.46. The van der Waals surface area contributed by atoms with E-state index in [9.17, 15) is 4.79 Å². The van der Waals surface area contributed by atoms with E-state index in [2.05, 4.69) is 14.7 Å². The van der Waals surface area contributed by atoms with Crippen LogP contribution in [0.5, 0.6) is 0 Å². The van der Waals surface area contributed by atoms with Gasteiger partial charge in [0, 0.05) is 10.6 Å². The van der Waals surface area contributed by atoms with Crippen LogP contribution in [0, 0.1) is 0 Å². The lowest BCUT2D eigenvalue weighted by Crippen LogP contribution is -2.00. The highest BCUT2D eigenvalue weighted by Crippen LogP contribution is 2.21. The molecule has 0 bridgehead atoms. The fourth-order valence-corrected chi connectivity index (χ4v) is 2.18. The average molecular weight is 299 g/mol. The third kappa shape index (κ3) is 2.71. The van der Waals surface area contributed by atoms with Crippen molar-refractivity contribution in [2.75, 3.05) is 7.11 Å². The van der Waals surface area contributed by atoms with Gasteiger partial charge in [0.15, 0.2) is 0 Å². The Morgan fingerprint density at radius 1 is 1.10 bits per heavy atom. The molecule has 3 aromatic rings. The molecular weight excluding hydrogens is 288 g/mol. The first-order valence-electron chi connectivity index (χ1n) is 6.28. The molecule has 0 aliphatic heterocycles. The summed E-state index contributed by atoms with van der Waals surface area (Å²) in [6, 6.07) is 12.4. The molecule has 3 rings (SSSR count). The fraction of sp³-hybridized carbons (Fsp3) is 0.0625. The van der Waals surface area contributed by atoms with Crippen molar-refractivity contribution < 1.29 is 9.53 Å². The van der Waals surface area contributed by atoms with E-state index in [1.807, 2.05) is 18.2 Å². The van der Waals surface area contributed by atoms with Gasteiger partial charge in [-0.25, -0.2) is 9.78 Å². The number of carbonyl (C=O) groups is 1. The molecule has 0 atom stereocenters. The van der Waals surface area contributed by atoms with Crippen LogP contribution in [0.15, 0.2) is 48.7 Å². The summed E-state index contributed by atoms with van der Waals surface area (Å²) in [6.07, 6.45) is 1.69. The zero-order valence-electron chi connectivity index (χ0n) is 11.2. The molecule has 0 aliphatic rings. The van der Waals surface area contributed by atoms with Gasteiger partial charge < -0.3 is 4.74 Å². The summed E-state index contributed by atoms with van der Waals surface area (Å²) in [5.74, 6) is -0.360. The third-order valence-electron chi connectivity index (χ3n) is 3.11. The van der Waals surface area contributed by atoms with Crippen LogP contribution in [0.3, 0.4) is 0 Å². The maximum absolute atomic E-state index is 11.4. The van der Waals surface area contributed by atoms with Crippen molar-refractivity contribution >= 4 is 28.6 Å². The molecule has 0 N–H and O–H groups in total. The van der Waals surface area contributed by atoms with Crippen LogP contribution >= 0.6 is 11.6 Å². The highest BCUT2D eigenvalue weighted by molar-refractivity contribution is 6.31. The Balaban J connectivity index is 2.00. The molecule has 0 aliphatic carbocycles. The number of nitrogens with zero attached hydrogens (tertiary/aromatic N) is 2. The number of carbonyl (C=O) groups excluding carboxylic acids is 1. The largest absolute Gasteiger partial charge is 0.465 e. The number of ether oxygens (including phenoxy) is 1. The lowest BCUT2D eigenvalue weighted by molar-refractivity contribution is 0.0601. The molecular formula is C16H11ClN2O2. The van der Waals surface area contributed by atoms with Crippen molar-refractivity contribution in [3.63, 3.8) is 0 Å². The Labute approximate surface area is 126 Å². The van der Waals surface area contributed by atoms with Gasteiger partial charge in [-0.15, -0.1) is 0 Å². The smallest absolute Gasteiger partial charge is 0.337 e. The maximum atomic E-state index is 11.4. The molecule has 2 aromatic carbocycles. The first-order chi connectivity index (χ1) is 10.2. The molecule has 4 nitrogen and oxygen atoms in total. The number of esters is 1. The number of benzene rings is 2. The molecule has 0 unspecified atom stereocenters. The second kappa shape index (κ2) is 5.50. The summed E-state index contributed by atoms with van der Waals surface area (Å²) in [6.45, 7) is 0. The topological polar surface area (TPSA) is 52.1 Å². The number of aromatic nitrogens is 2. The molecule has 104 valence electrons. The zero-order chi connectivity index (χ0) is 14.8. The predicted octanol–water partition coefficient (Wildman–Crippen LogP) is 3.74. The van der Waals surface area contributed by atoms with Gasteiger partial charge in [-0.2, -0.15) is 0 Å². The third-order valence-corrected chi connectivity index (χ3v) is 3.34. The number of hydrogen-bond acceptors (Lipinski definition) is 4. The van der Waals surface area contributed by atoms with E-state index in [1.54, 1.807) is 30.5 Å². The van der Waals surface area contributed by atoms with Crippen molar-refractivity contribution in [1.82, 2.24) is 9.97 Å². The second-order valence-corrected chi connectivity index (χ2v) is 4.89. The summed E-state index contributed by atoms with van der Waals surface area (Å²) in [7, 11) is 1.36. The minimum atomic E-state index is -0.360. The Morgan fingerprint density at radius 3 is 2.57 bits per heavy atom. The van der Waals surface area contributed by atoms with E-state index < -0.39 is 0 Å². The summed E-state index contributed by atoms with van der Waals surface area (Å²) in [5.41, 5.74) is 3.64. The molecule has 1 aromatic heterocycles. The van der Waals surface area contributed by atoms with Crippen molar-refractivity contribution in [1.29, 1.82) is 0 Å². The summed E-state index contributed by atoms with van der Waals surface area (Å²) in [5, 5.41) is 0.631. The lowest BCUT2D eigenvalue weighted by Gasteiger charge is -2.04. The number of methoxy groups -OCH3 is 1. The van der Waals surface area contributed by atoms with Gasteiger partial charge in [-0.3, -0.25) is 4.98 Å².